The molecule has 1 aliphatic rings. The molecule has 1 amide bonds. The lowest BCUT2D eigenvalue weighted by molar-refractivity contribution is 0.0964. The number of hydrogen-bond acceptors (Lipinski definition) is 3. The molecule has 4 heteroatoms. The molecule has 2 heterocycles. The standard InChI is InChI=1S/C9H12N2OS/c1-2-6(10)5-4-13-7-3-11-9(12)8(5)7/h4,6H,2-3,10H2,1H3,(H,11,12). The SMILES string of the molecule is CCC(N)c1csc2c1C(=O)NC2. The van der Waals surface area contributed by atoms with Crippen LogP contribution in [0.5, 0.6) is 0 Å². The molecule has 0 radical (unpaired) electrons. The van der Waals surface area contributed by atoms with Gasteiger partial charge in [0.25, 0.3) is 5.91 Å². The number of amides is 1. The largest absolute Gasteiger partial charge is 0.347 e. The Hall–Kier alpha value is -0.870. The normalized spacial score (nSPS) is 16.9. The van der Waals surface area contributed by atoms with Gasteiger partial charge in [-0.1, -0.05) is 6.92 Å². The Balaban J connectivity index is 2.43. The van der Waals surface area contributed by atoms with E-state index in [1.807, 2.05) is 12.3 Å². The molecule has 3 N–H and O–H groups in total. The number of fused-ring (bicyclic) bond motifs is 1. The first-order chi connectivity index (χ1) is 6.24. The van der Waals surface area contributed by atoms with E-state index < -0.39 is 0 Å². The van der Waals surface area contributed by atoms with Crippen LogP contribution >= 0.6 is 11.3 Å². The third-order valence-electron chi connectivity index (χ3n) is 2.37. The zero-order valence-electron chi connectivity index (χ0n) is 7.46. The molecule has 3 nitrogen and oxygen atoms in total. The molecule has 0 bridgehead atoms. The van der Waals surface area contributed by atoms with Gasteiger partial charge in [0, 0.05) is 10.9 Å². The highest BCUT2D eigenvalue weighted by Gasteiger charge is 2.26. The van der Waals surface area contributed by atoms with Gasteiger partial charge in [0.1, 0.15) is 0 Å². The van der Waals surface area contributed by atoms with E-state index in [2.05, 4.69) is 5.32 Å². The minimum absolute atomic E-state index is 0.00356. The second-order valence-corrected chi connectivity index (χ2v) is 4.15. The van der Waals surface area contributed by atoms with Gasteiger partial charge in [0.15, 0.2) is 0 Å². The lowest BCUT2D eigenvalue weighted by atomic mass is 10.0. The van der Waals surface area contributed by atoms with Crippen LogP contribution in [0.25, 0.3) is 0 Å². The summed E-state index contributed by atoms with van der Waals surface area (Å²) in [6.07, 6.45) is 0.871. The molecular formula is C9H12N2OS. The van der Waals surface area contributed by atoms with E-state index in [-0.39, 0.29) is 11.9 Å². The van der Waals surface area contributed by atoms with E-state index in [4.69, 9.17) is 5.73 Å². The maximum atomic E-state index is 11.4. The van der Waals surface area contributed by atoms with Gasteiger partial charge in [-0.25, -0.2) is 0 Å². The van der Waals surface area contributed by atoms with Gasteiger partial charge in [-0.3, -0.25) is 4.79 Å². The highest BCUT2D eigenvalue weighted by molar-refractivity contribution is 7.10. The molecule has 0 spiro atoms. The fourth-order valence-corrected chi connectivity index (χ4v) is 2.59. The Morgan fingerprint density at radius 2 is 2.54 bits per heavy atom. The van der Waals surface area contributed by atoms with Crippen molar-refractivity contribution in [2.24, 2.45) is 5.73 Å². The average Bonchev–Trinajstić information content (AvgIpc) is 2.68. The number of nitrogens with two attached hydrogens (primary N) is 1. The highest BCUT2D eigenvalue weighted by atomic mass is 32.1. The zero-order chi connectivity index (χ0) is 9.42. The van der Waals surface area contributed by atoms with Crippen LogP contribution in [0.4, 0.5) is 0 Å². The first kappa shape index (κ1) is 8.72. The van der Waals surface area contributed by atoms with Gasteiger partial charge in [-0.15, -0.1) is 11.3 Å². The summed E-state index contributed by atoms with van der Waals surface area (Å²) in [7, 11) is 0. The van der Waals surface area contributed by atoms with E-state index in [9.17, 15) is 4.79 Å². The maximum absolute atomic E-state index is 11.4. The summed E-state index contributed by atoms with van der Waals surface area (Å²) in [6, 6.07) is 0.00356. The molecule has 0 fully saturated rings. The van der Waals surface area contributed by atoms with Crippen molar-refractivity contribution < 1.29 is 4.79 Å². The second-order valence-electron chi connectivity index (χ2n) is 3.19. The van der Waals surface area contributed by atoms with Crippen LogP contribution in [0, 0.1) is 0 Å². The first-order valence-corrected chi connectivity index (χ1v) is 5.26. The predicted molar refractivity (Wildman–Crippen MR) is 52.7 cm³/mol. The number of rotatable bonds is 2. The van der Waals surface area contributed by atoms with Crippen molar-refractivity contribution in [2.45, 2.75) is 25.9 Å². The van der Waals surface area contributed by atoms with Gasteiger partial charge < -0.3 is 11.1 Å². The number of carbonyl (C=O) groups excluding carboxylic acids is 1. The smallest absolute Gasteiger partial charge is 0.253 e. The van der Waals surface area contributed by atoms with E-state index >= 15 is 0 Å². The minimum atomic E-state index is 0.00356. The van der Waals surface area contributed by atoms with E-state index in [0.29, 0.717) is 6.54 Å². The molecule has 2 rings (SSSR count). The summed E-state index contributed by atoms with van der Waals surface area (Å²) in [5, 5.41) is 4.81. The van der Waals surface area contributed by atoms with Crippen LogP contribution in [0.3, 0.4) is 0 Å². The zero-order valence-corrected chi connectivity index (χ0v) is 8.28. The molecule has 1 aromatic heterocycles. The Morgan fingerprint density at radius 3 is 3.23 bits per heavy atom. The van der Waals surface area contributed by atoms with Crippen molar-refractivity contribution in [2.75, 3.05) is 0 Å². The van der Waals surface area contributed by atoms with Crippen molar-refractivity contribution in [3.8, 4) is 0 Å². The third-order valence-corrected chi connectivity index (χ3v) is 3.38. The van der Waals surface area contributed by atoms with Crippen molar-refractivity contribution in [1.82, 2.24) is 5.32 Å². The molecule has 70 valence electrons. The number of nitrogens with one attached hydrogen (secondary N) is 1. The van der Waals surface area contributed by atoms with Crippen molar-refractivity contribution in [1.29, 1.82) is 0 Å². The summed E-state index contributed by atoms with van der Waals surface area (Å²) >= 11 is 1.62. The van der Waals surface area contributed by atoms with Crippen molar-refractivity contribution in [3.05, 3.63) is 21.4 Å². The van der Waals surface area contributed by atoms with Gasteiger partial charge in [0.2, 0.25) is 0 Å². The Labute approximate surface area is 80.9 Å². The Morgan fingerprint density at radius 1 is 1.77 bits per heavy atom. The van der Waals surface area contributed by atoms with Crippen LogP contribution in [0.15, 0.2) is 5.38 Å². The van der Waals surface area contributed by atoms with E-state index in [1.165, 1.54) is 0 Å². The molecule has 1 aliphatic heterocycles. The van der Waals surface area contributed by atoms with Gasteiger partial charge in [-0.05, 0) is 17.4 Å². The highest BCUT2D eigenvalue weighted by Crippen LogP contribution is 2.30. The number of thiophene rings is 1. The maximum Gasteiger partial charge on any atom is 0.253 e. The van der Waals surface area contributed by atoms with Gasteiger partial charge >= 0.3 is 0 Å². The minimum Gasteiger partial charge on any atom is -0.347 e. The van der Waals surface area contributed by atoms with E-state index in [1.54, 1.807) is 11.3 Å². The summed E-state index contributed by atoms with van der Waals surface area (Å²) in [5.74, 6) is 0.0372. The fourth-order valence-electron chi connectivity index (χ4n) is 1.54. The molecule has 1 unspecified atom stereocenters. The molecule has 0 aromatic carbocycles. The van der Waals surface area contributed by atoms with Crippen LogP contribution in [-0.4, -0.2) is 5.91 Å². The monoisotopic (exact) mass is 196 g/mol. The van der Waals surface area contributed by atoms with Crippen LogP contribution in [0.1, 0.15) is 40.2 Å². The summed E-state index contributed by atoms with van der Waals surface area (Å²) in [4.78, 5) is 12.5. The topological polar surface area (TPSA) is 55.1 Å². The summed E-state index contributed by atoms with van der Waals surface area (Å²) in [6.45, 7) is 2.71. The Bertz CT molecular complexity index is 345. The second kappa shape index (κ2) is 3.12. The molecule has 0 aliphatic carbocycles. The van der Waals surface area contributed by atoms with Crippen LogP contribution < -0.4 is 11.1 Å². The predicted octanol–water partition coefficient (Wildman–Crippen LogP) is 1.40. The number of carbonyl (C=O) groups is 1. The summed E-state index contributed by atoms with van der Waals surface area (Å²) < 4.78 is 0. The van der Waals surface area contributed by atoms with Gasteiger partial charge in [0.05, 0.1) is 12.1 Å². The number of hydrogen-bond donors (Lipinski definition) is 2. The molecule has 0 saturated carbocycles. The lowest BCUT2D eigenvalue weighted by Gasteiger charge is -2.07. The molecule has 1 aromatic rings. The Kier molecular flexibility index (Phi) is 2.09. The molecule has 0 saturated heterocycles. The molecular weight excluding hydrogens is 184 g/mol. The third kappa shape index (κ3) is 1.26. The molecule has 13 heavy (non-hydrogen) atoms. The van der Waals surface area contributed by atoms with Crippen LogP contribution in [-0.2, 0) is 6.54 Å². The van der Waals surface area contributed by atoms with E-state index in [0.717, 1.165) is 22.4 Å². The fraction of sp³-hybridized carbons (Fsp3) is 0.444. The quantitative estimate of drug-likeness (QED) is 0.751. The average molecular weight is 196 g/mol. The van der Waals surface area contributed by atoms with Crippen molar-refractivity contribution >= 4 is 17.2 Å². The van der Waals surface area contributed by atoms with Gasteiger partial charge in [-0.2, -0.15) is 0 Å². The van der Waals surface area contributed by atoms with Crippen molar-refractivity contribution in [3.63, 3.8) is 0 Å². The lowest BCUT2D eigenvalue weighted by Crippen LogP contribution is -2.17. The summed E-state index contributed by atoms with van der Waals surface area (Å²) in [5.41, 5.74) is 7.74. The first-order valence-electron chi connectivity index (χ1n) is 4.38. The molecule has 1 atom stereocenters. The van der Waals surface area contributed by atoms with Crippen LogP contribution in [0.2, 0.25) is 0 Å².